The van der Waals surface area contributed by atoms with Crippen LogP contribution in [0.1, 0.15) is 40.7 Å². The van der Waals surface area contributed by atoms with Crippen LogP contribution < -0.4 is 0 Å². The van der Waals surface area contributed by atoms with Gasteiger partial charge in [-0.05, 0) is 60.8 Å². The summed E-state index contributed by atoms with van der Waals surface area (Å²) in [6.07, 6.45) is 3.73. The summed E-state index contributed by atoms with van der Waals surface area (Å²) in [6.45, 7) is 2.13. The monoisotopic (exact) mass is 486 g/mol. The van der Waals surface area contributed by atoms with Gasteiger partial charge in [0.15, 0.2) is 0 Å². The molecule has 2 saturated heterocycles. The summed E-state index contributed by atoms with van der Waals surface area (Å²) in [5, 5.41) is 0. The molecule has 0 N–H and O–H groups in total. The van der Waals surface area contributed by atoms with Gasteiger partial charge in [0.05, 0.1) is 11.0 Å². The maximum atomic E-state index is 13.6. The van der Waals surface area contributed by atoms with Crippen LogP contribution in [0, 0.1) is 0 Å². The molecule has 1 amide bonds. The smallest absolute Gasteiger partial charge is 0.254 e. The second-order valence-electron chi connectivity index (χ2n) is 9.00. The number of hydrogen-bond donors (Lipinski definition) is 0. The van der Waals surface area contributed by atoms with Gasteiger partial charge in [0, 0.05) is 43.6 Å². The zero-order chi connectivity index (χ0) is 22.8. The SMILES string of the molecule is O=C(c1cccc(S(=O)(=O)N2CCc3ccccc3C2)c1)N(CC1CCCO1)C1CCSC1. The van der Waals surface area contributed by atoms with Crippen molar-refractivity contribution in [3.8, 4) is 0 Å². The Morgan fingerprint density at radius 3 is 2.73 bits per heavy atom. The highest BCUT2D eigenvalue weighted by atomic mass is 32.2. The molecule has 8 heteroatoms. The van der Waals surface area contributed by atoms with Gasteiger partial charge < -0.3 is 9.64 Å². The minimum atomic E-state index is -3.69. The van der Waals surface area contributed by atoms with E-state index in [2.05, 4.69) is 6.07 Å². The molecule has 2 atom stereocenters. The van der Waals surface area contributed by atoms with E-state index in [9.17, 15) is 13.2 Å². The van der Waals surface area contributed by atoms with Crippen LogP contribution >= 0.6 is 11.8 Å². The number of rotatable bonds is 6. The Hall–Kier alpha value is -1.87. The van der Waals surface area contributed by atoms with E-state index in [1.165, 1.54) is 9.87 Å². The highest BCUT2D eigenvalue weighted by Gasteiger charge is 2.33. The first-order valence-corrected chi connectivity index (χ1v) is 14.3. The van der Waals surface area contributed by atoms with E-state index >= 15 is 0 Å². The minimum absolute atomic E-state index is 0.0693. The van der Waals surface area contributed by atoms with Crippen molar-refractivity contribution < 1.29 is 17.9 Å². The number of fused-ring (bicyclic) bond motifs is 1. The van der Waals surface area contributed by atoms with Crippen LogP contribution in [0.3, 0.4) is 0 Å². The van der Waals surface area contributed by atoms with Crippen molar-refractivity contribution in [1.29, 1.82) is 0 Å². The fraction of sp³-hybridized carbons (Fsp3) is 0.480. The van der Waals surface area contributed by atoms with Crippen molar-refractivity contribution in [3.05, 3.63) is 65.2 Å². The Bertz CT molecular complexity index is 1110. The number of amides is 1. The van der Waals surface area contributed by atoms with E-state index < -0.39 is 10.0 Å². The van der Waals surface area contributed by atoms with Crippen LogP contribution in [0.25, 0.3) is 0 Å². The molecule has 0 aromatic heterocycles. The van der Waals surface area contributed by atoms with Crippen LogP contribution in [-0.2, 0) is 27.7 Å². The summed E-state index contributed by atoms with van der Waals surface area (Å²) in [6, 6.07) is 14.7. The molecule has 0 radical (unpaired) electrons. The molecule has 0 saturated carbocycles. The Morgan fingerprint density at radius 2 is 1.97 bits per heavy atom. The molecule has 0 bridgehead atoms. The lowest BCUT2D eigenvalue weighted by Gasteiger charge is -2.31. The fourth-order valence-electron chi connectivity index (χ4n) is 4.95. The highest BCUT2D eigenvalue weighted by molar-refractivity contribution is 7.99. The van der Waals surface area contributed by atoms with Crippen molar-refractivity contribution >= 4 is 27.7 Å². The summed E-state index contributed by atoms with van der Waals surface area (Å²) in [4.78, 5) is 15.7. The average molecular weight is 487 g/mol. The van der Waals surface area contributed by atoms with Gasteiger partial charge in [-0.2, -0.15) is 16.1 Å². The number of carbonyl (C=O) groups excluding carboxylic acids is 1. The van der Waals surface area contributed by atoms with Gasteiger partial charge in [-0.15, -0.1) is 0 Å². The average Bonchev–Trinajstić information content (AvgIpc) is 3.56. The quantitative estimate of drug-likeness (QED) is 0.625. The number of carbonyl (C=O) groups is 1. The predicted octanol–water partition coefficient (Wildman–Crippen LogP) is 3.56. The van der Waals surface area contributed by atoms with Crippen LogP contribution in [0.5, 0.6) is 0 Å². The number of hydrogen-bond acceptors (Lipinski definition) is 5. The highest BCUT2D eigenvalue weighted by Crippen LogP contribution is 2.28. The molecular weight excluding hydrogens is 456 g/mol. The van der Waals surface area contributed by atoms with E-state index in [0.717, 1.165) is 42.9 Å². The fourth-order valence-corrected chi connectivity index (χ4v) is 7.64. The van der Waals surface area contributed by atoms with Crippen LogP contribution in [0.4, 0.5) is 0 Å². The third-order valence-electron chi connectivity index (χ3n) is 6.85. The summed E-state index contributed by atoms with van der Waals surface area (Å²) in [5.74, 6) is 1.87. The summed E-state index contributed by atoms with van der Waals surface area (Å²) in [5.41, 5.74) is 2.68. The second-order valence-corrected chi connectivity index (χ2v) is 12.1. The summed E-state index contributed by atoms with van der Waals surface area (Å²) in [7, 11) is -3.69. The Balaban J connectivity index is 1.38. The van der Waals surface area contributed by atoms with Crippen molar-refractivity contribution in [2.45, 2.75) is 49.3 Å². The molecule has 2 fully saturated rings. The predicted molar refractivity (Wildman–Crippen MR) is 130 cm³/mol. The Labute approximate surface area is 200 Å². The summed E-state index contributed by atoms with van der Waals surface area (Å²) < 4.78 is 34.2. The van der Waals surface area contributed by atoms with Gasteiger partial charge in [0.25, 0.3) is 5.91 Å². The molecule has 3 aliphatic heterocycles. The maximum Gasteiger partial charge on any atom is 0.254 e. The zero-order valence-corrected chi connectivity index (χ0v) is 20.3. The van der Waals surface area contributed by atoms with E-state index in [4.69, 9.17) is 4.74 Å². The first-order chi connectivity index (χ1) is 16.0. The zero-order valence-electron chi connectivity index (χ0n) is 18.7. The lowest BCUT2D eigenvalue weighted by molar-refractivity contribution is 0.0441. The maximum absolute atomic E-state index is 13.6. The van der Waals surface area contributed by atoms with Crippen molar-refractivity contribution in [3.63, 3.8) is 0 Å². The van der Waals surface area contributed by atoms with E-state index in [1.54, 1.807) is 24.3 Å². The molecule has 2 unspecified atom stereocenters. The molecule has 0 aliphatic carbocycles. The molecule has 6 nitrogen and oxygen atoms in total. The molecule has 2 aromatic rings. The largest absolute Gasteiger partial charge is 0.376 e. The summed E-state index contributed by atoms with van der Waals surface area (Å²) >= 11 is 1.86. The Kier molecular flexibility index (Phi) is 6.79. The second kappa shape index (κ2) is 9.78. The van der Waals surface area contributed by atoms with Crippen LogP contribution in [-0.4, -0.2) is 66.9 Å². The normalized spacial score (nSPS) is 23.4. The molecular formula is C25H30N2O4S2. The first kappa shape index (κ1) is 22.9. The van der Waals surface area contributed by atoms with E-state index in [0.29, 0.717) is 31.6 Å². The molecule has 2 aromatic carbocycles. The molecule has 176 valence electrons. The minimum Gasteiger partial charge on any atom is -0.376 e. The van der Waals surface area contributed by atoms with Gasteiger partial charge in [-0.25, -0.2) is 8.42 Å². The third-order valence-corrected chi connectivity index (χ3v) is 9.83. The third kappa shape index (κ3) is 4.85. The standard InChI is InChI=1S/C25H30N2O4S2/c28-25(27(22-11-14-32-18-22)17-23-8-4-13-31-23)20-7-3-9-24(15-20)33(29,30)26-12-10-19-5-1-2-6-21(19)16-26/h1-3,5-7,9,15,22-23H,4,8,10-14,16-18H2. The molecule has 5 rings (SSSR count). The van der Waals surface area contributed by atoms with Gasteiger partial charge >= 0.3 is 0 Å². The van der Waals surface area contributed by atoms with E-state index in [-0.39, 0.29) is 22.9 Å². The lowest BCUT2D eigenvalue weighted by Crippen LogP contribution is -2.44. The van der Waals surface area contributed by atoms with Gasteiger partial charge in [0.1, 0.15) is 0 Å². The molecule has 0 spiro atoms. The van der Waals surface area contributed by atoms with Gasteiger partial charge in [0.2, 0.25) is 10.0 Å². The number of ether oxygens (including phenoxy) is 1. The number of sulfonamides is 1. The topological polar surface area (TPSA) is 66.9 Å². The van der Waals surface area contributed by atoms with Crippen molar-refractivity contribution in [2.75, 3.05) is 31.2 Å². The van der Waals surface area contributed by atoms with Crippen LogP contribution in [0.2, 0.25) is 0 Å². The molecule has 3 aliphatic rings. The Morgan fingerprint density at radius 1 is 1.12 bits per heavy atom. The lowest BCUT2D eigenvalue weighted by atomic mass is 10.0. The molecule has 3 heterocycles. The first-order valence-electron chi connectivity index (χ1n) is 11.7. The van der Waals surface area contributed by atoms with Crippen LogP contribution in [0.15, 0.2) is 53.4 Å². The van der Waals surface area contributed by atoms with Gasteiger partial charge in [-0.3, -0.25) is 4.79 Å². The van der Waals surface area contributed by atoms with Crippen molar-refractivity contribution in [1.82, 2.24) is 9.21 Å². The number of nitrogens with zero attached hydrogens (tertiary/aromatic N) is 2. The molecule has 33 heavy (non-hydrogen) atoms. The van der Waals surface area contributed by atoms with E-state index in [1.807, 2.05) is 34.9 Å². The van der Waals surface area contributed by atoms with Crippen molar-refractivity contribution in [2.24, 2.45) is 0 Å². The van der Waals surface area contributed by atoms with Gasteiger partial charge in [-0.1, -0.05) is 30.3 Å². The number of benzene rings is 2. The number of thioether (sulfide) groups is 1.